The largest absolute Gasteiger partial charge is 0.376 e. The van der Waals surface area contributed by atoms with Gasteiger partial charge in [-0.3, -0.25) is 0 Å². The van der Waals surface area contributed by atoms with Crippen LogP contribution in [0.15, 0.2) is 0 Å². The van der Waals surface area contributed by atoms with Crippen molar-refractivity contribution in [3.05, 3.63) is 0 Å². The summed E-state index contributed by atoms with van der Waals surface area (Å²) in [7, 11) is 0. The fourth-order valence-electron chi connectivity index (χ4n) is 1.14. The summed E-state index contributed by atoms with van der Waals surface area (Å²) >= 11 is 4.58. The fraction of sp³-hybridized carbons (Fsp3) is 0.833. The van der Waals surface area contributed by atoms with E-state index in [2.05, 4.69) is 22.3 Å². The summed E-state index contributed by atoms with van der Waals surface area (Å²) in [6.45, 7) is -2.68. The molecule has 12 heavy (non-hydrogen) atoms. The average Bonchev–Trinajstić information content (AvgIpc) is 1.80. The Kier molecular flexibility index (Phi) is 3.16. The highest BCUT2D eigenvalue weighted by Crippen LogP contribution is 2.24. The lowest BCUT2D eigenvalue weighted by Gasteiger charge is -2.35. The van der Waals surface area contributed by atoms with Crippen molar-refractivity contribution in [2.24, 2.45) is 5.73 Å². The summed E-state index contributed by atoms with van der Waals surface area (Å²) < 4.78 is 27.4. The predicted molar refractivity (Wildman–Crippen MR) is 43.8 cm³/mol. The van der Waals surface area contributed by atoms with Crippen molar-refractivity contribution in [1.29, 1.82) is 0 Å². The topological polar surface area (TPSA) is 47.3 Å². The molecule has 0 aliphatic heterocycles. The normalized spacial score (nSPS) is 28.2. The standard InChI is InChI=1S/C6H10F2N2OS/c7-5(8)11-4-1-3(2-4)10-6(9)12/h3-5H,1-2H2,(H3,9,10,12). The van der Waals surface area contributed by atoms with E-state index >= 15 is 0 Å². The van der Waals surface area contributed by atoms with Crippen LogP contribution in [-0.4, -0.2) is 23.9 Å². The number of nitrogens with one attached hydrogen (secondary N) is 1. The van der Waals surface area contributed by atoms with Gasteiger partial charge in [0.2, 0.25) is 0 Å². The van der Waals surface area contributed by atoms with E-state index in [-0.39, 0.29) is 17.3 Å². The third-order valence-electron chi connectivity index (χ3n) is 1.74. The van der Waals surface area contributed by atoms with Crippen LogP contribution in [0.1, 0.15) is 12.8 Å². The fourth-order valence-corrected chi connectivity index (χ4v) is 1.31. The van der Waals surface area contributed by atoms with Gasteiger partial charge < -0.3 is 15.8 Å². The molecule has 0 aromatic rings. The maximum Gasteiger partial charge on any atom is 0.345 e. The monoisotopic (exact) mass is 196 g/mol. The molecule has 1 fully saturated rings. The SMILES string of the molecule is NC(=S)NC1CC(OC(F)F)C1. The minimum absolute atomic E-state index is 0.103. The van der Waals surface area contributed by atoms with E-state index in [4.69, 9.17) is 5.73 Å². The number of alkyl halides is 2. The van der Waals surface area contributed by atoms with Crippen LogP contribution in [0.25, 0.3) is 0 Å². The van der Waals surface area contributed by atoms with Gasteiger partial charge in [-0.1, -0.05) is 0 Å². The molecule has 6 heteroatoms. The van der Waals surface area contributed by atoms with Crippen molar-refractivity contribution in [2.75, 3.05) is 0 Å². The first-order chi connectivity index (χ1) is 5.58. The number of rotatable bonds is 3. The molecule has 0 atom stereocenters. The molecule has 3 N–H and O–H groups in total. The molecule has 0 saturated heterocycles. The lowest BCUT2D eigenvalue weighted by atomic mass is 9.89. The third kappa shape index (κ3) is 2.86. The van der Waals surface area contributed by atoms with Crippen molar-refractivity contribution in [3.63, 3.8) is 0 Å². The van der Waals surface area contributed by atoms with Crippen molar-refractivity contribution < 1.29 is 13.5 Å². The van der Waals surface area contributed by atoms with E-state index in [1.54, 1.807) is 0 Å². The third-order valence-corrected chi connectivity index (χ3v) is 1.85. The molecule has 0 bridgehead atoms. The summed E-state index contributed by atoms with van der Waals surface area (Å²) in [4.78, 5) is 0. The number of halogens is 2. The minimum Gasteiger partial charge on any atom is -0.376 e. The summed E-state index contributed by atoms with van der Waals surface area (Å²) in [6, 6.07) is 0.103. The second kappa shape index (κ2) is 3.95. The van der Waals surface area contributed by atoms with E-state index in [0.29, 0.717) is 12.8 Å². The molecule has 0 aromatic heterocycles. The van der Waals surface area contributed by atoms with Gasteiger partial charge in [-0.25, -0.2) is 0 Å². The van der Waals surface area contributed by atoms with Gasteiger partial charge in [0.15, 0.2) is 5.11 Å². The number of ether oxygens (including phenoxy) is 1. The van der Waals surface area contributed by atoms with Gasteiger partial charge in [0.25, 0.3) is 0 Å². The van der Waals surface area contributed by atoms with Crippen LogP contribution in [-0.2, 0) is 4.74 Å². The zero-order valence-corrected chi connectivity index (χ0v) is 7.11. The molecule has 1 saturated carbocycles. The van der Waals surface area contributed by atoms with Gasteiger partial charge >= 0.3 is 6.61 Å². The number of thiocarbonyl (C=S) groups is 1. The second-order valence-electron chi connectivity index (χ2n) is 2.70. The van der Waals surface area contributed by atoms with Gasteiger partial charge in [0.1, 0.15) is 0 Å². The van der Waals surface area contributed by atoms with E-state index in [0.717, 1.165) is 0 Å². The molecular formula is C6H10F2N2OS. The Morgan fingerprint density at radius 3 is 2.58 bits per heavy atom. The number of hydrogen-bond acceptors (Lipinski definition) is 2. The molecule has 0 spiro atoms. The lowest BCUT2D eigenvalue weighted by Crippen LogP contribution is -2.49. The lowest BCUT2D eigenvalue weighted by molar-refractivity contribution is -0.184. The maximum atomic E-state index is 11.6. The molecule has 0 unspecified atom stereocenters. The summed E-state index contributed by atoms with van der Waals surface area (Å²) in [5.74, 6) is 0. The minimum atomic E-state index is -2.68. The van der Waals surface area contributed by atoms with Crippen LogP contribution in [0.4, 0.5) is 8.78 Å². The molecule has 0 aromatic carbocycles. The number of nitrogens with two attached hydrogens (primary N) is 1. The Balaban J connectivity index is 2.08. The van der Waals surface area contributed by atoms with Crippen molar-refractivity contribution in [3.8, 4) is 0 Å². The highest BCUT2D eigenvalue weighted by molar-refractivity contribution is 7.80. The Hall–Kier alpha value is -0.490. The van der Waals surface area contributed by atoms with Crippen LogP contribution in [0, 0.1) is 0 Å². The second-order valence-corrected chi connectivity index (χ2v) is 3.14. The van der Waals surface area contributed by atoms with Gasteiger partial charge in [0.05, 0.1) is 6.10 Å². The molecule has 0 amide bonds. The van der Waals surface area contributed by atoms with Gasteiger partial charge in [0, 0.05) is 6.04 Å². The van der Waals surface area contributed by atoms with E-state index in [9.17, 15) is 8.78 Å². The Morgan fingerprint density at radius 1 is 1.58 bits per heavy atom. The zero-order valence-electron chi connectivity index (χ0n) is 6.30. The Morgan fingerprint density at radius 2 is 2.17 bits per heavy atom. The molecular weight excluding hydrogens is 186 g/mol. The highest BCUT2D eigenvalue weighted by Gasteiger charge is 2.31. The molecule has 1 aliphatic carbocycles. The van der Waals surface area contributed by atoms with Crippen LogP contribution in [0.2, 0.25) is 0 Å². The van der Waals surface area contributed by atoms with Crippen LogP contribution in [0.3, 0.4) is 0 Å². The number of hydrogen-bond donors (Lipinski definition) is 2. The molecule has 0 radical (unpaired) electrons. The smallest absolute Gasteiger partial charge is 0.345 e. The first-order valence-electron chi connectivity index (χ1n) is 3.57. The van der Waals surface area contributed by atoms with Crippen LogP contribution < -0.4 is 11.1 Å². The predicted octanol–water partition coefficient (Wildman–Crippen LogP) is 0.590. The Bertz CT molecular complexity index is 173. The van der Waals surface area contributed by atoms with Crippen LogP contribution >= 0.6 is 12.2 Å². The molecule has 1 rings (SSSR count). The van der Waals surface area contributed by atoms with Gasteiger partial charge in [-0.05, 0) is 25.1 Å². The van der Waals surface area contributed by atoms with E-state index in [1.165, 1.54) is 0 Å². The highest BCUT2D eigenvalue weighted by atomic mass is 32.1. The summed E-state index contributed by atoms with van der Waals surface area (Å²) in [6.07, 6.45) is 0.737. The van der Waals surface area contributed by atoms with Crippen molar-refractivity contribution in [1.82, 2.24) is 5.32 Å². The average molecular weight is 196 g/mol. The summed E-state index contributed by atoms with van der Waals surface area (Å²) in [5.41, 5.74) is 5.18. The van der Waals surface area contributed by atoms with Crippen LogP contribution in [0.5, 0.6) is 0 Å². The molecule has 3 nitrogen and oxygen atoms in total. The molecule has 70 valence electrons. The zero-order chi connectivity index (χ0) is 9.14. The van der Waals surface area contributed by atoms with Gasteiger partial charge in [-0.15, -0.1) is 0 Å². The van der Waals surface area contributed by atoms with Crippen molar-refractivity contribution in [2.45, 2.75) is 31.6 Å². The van der Waals surface area contributed by atoms with E-state index < -0.39 is 6.61 Å². The molecule has 1 aliphatic rings. The maximum absolute atomic E-state index is 11.6. The first kappa shape index (κ1) is 9.60. The van der Waals surface area contributed by atoms with E-state index in [1.807, 2.05) is 0 Å². The van der Waals surface area contributed by atoms with Gasteiger partial charge in [-0.2, -0.15) is 8.78 Å². The quantitative estimate of drug-likeness (QED) is 0.648. The Labute approximate surface area is 74.3 Å². The molecule has 0 heterocycles. The summed E-state index contributed by atoms with van der Waals surface area (Å²) in [5, 5.41) is 2.97. The van der Waals surface area contributed by atoms with Crippen molar-refractivity contribution >= 4 is 17.3 Å². The first-order valence-corrected chi connectivity index (χ1v) is 3.98.